The summed E-state index contributed by atoms with van der Waals surface area (Å²) in [6.45, 7) is 1.98. The van der Waals surface area contributed by atoms with Gasteiger partial charge in [-0.3, -0.25) is 0 Å². The van der Waals surface area contributed by atoms with E-state index in [4.69, 9.17) is 16.7 Å². The Labute approximate surface area is 77.3 Å². The number of aliphatic hydroxyl groups is 1. The molecule has 0 aliphatic carbocycles. The second-order valence-corrected chi connectivity index (χ2v) is 2.99. The summed E-state index contributed by atoms with van der Waals surface area (Å²) in [6.07, 6.45) is 3.89. The fourth-order valence-electron chi connectivity index (χ4n) is 1.06. The zero-order chi connectivity index (χ0) is 8.97. The topological polar surface area (TPSA) is 20.2 Å². The monoisotopic (exact) mass is 182 g/mol. The molecule has 0 aromatic heterocycles. The molecule has 0 amide bonds. The predicted molar refractivity (Wildman–Crippen MR) is 52.1 cm³/mol. The van der Waals surface area contributed by atoms with Crippen LogP contribution in [-0.2, 0) is 6.61 Å². The Bertz CT molecular complexity index is 292. The van der Waals surface area contributed by atoms with Gasteiger partial charge in [0.05, 0.1) is 6.61 Å². The number of benzene rings is 1. The summed E-state index contributed by atoms with van der Waals surface area (Å²) in [5, 5.41) is 9.53. The zero-order valence-electron chi connectivity index (χ0n) is 6.92. The average Bonchev–Trinajstić information content (AvgIpc) is 2.04. The molecule has 0 bridgehead atoms. The minimum Gasteiger partial charge on any atom is -0.392 e. The molecule has 0 radical (unpaired) electrons. The highest BCUT2D eigenvalue weighted by atomic mass is 35.5. The van der Waals surface area contributed by atoms with E-state index >= 15 is 0 Å². The molecule has 0 heterocycles. The van der Waals surface area contributed by atoms with Gasteiger partial charge in [0.1, 0.15) is 0 Å². The van der Waals surface area contributed by atoms with Gasteiger partial charge in [-0.25, -0.2) is 0 Å². The first-order valence-corrected chi connectivity index (χ1v) is 4.17. The standard InChI is InChI=1S/C10H11ClO/c1-2-3-8-4-9(7-12)6-10(11)5-8/h2-6,12H,7H2,1H3/b3-2+. The van der Waals surface area contributed by atoms with Gasteiger partial charge in [0, 0.05) is 5.02 Å². The van der Waals surface area contributed by atoms with Crippen LogP contribution < -0.4 is 0 Å². The van der Waals surface area contributed by atoms with Crippen LogP contribution >= 0.6 is 11.6 Å². The van der Waals surface area contributed by atoms with Gasteiger partial charge in [0.2, 0.25) is 0 Å². The Morgan fingerprint density at radius 2 is 2.17 bits per heavy atom. The fourth-order valence-corrected chi connectivity index (χ4v) is 1.32. The van der Waals surface area contributed by atoms with E-state index in [-0.39, 0.29) is 6.61 Å². The summed E-state index contributed by atoms with van der Waals surface area (Å²) in [5.74, 6) is 0. The SMILES string of the molecule is C/C=C/c1cc(Cl)cc(CO)c1. The predicted octanol–water partition coefficient (Wildman–Crippen LogP) is 2.87. The average molecular weight is 183 g/mol. The summed E-state index contributed by atoms with van der Waals surface area (Å²) in [7, 11) is 0. The maximum absolute atomic E-state index is 8.87. The van der Waals surface area contributed by atoms with Gasteiger partial charge in [-0.2, -0.15) is 0 Å². The maximum Gasteiger partial charge on any atom is 0.0682 e. The quantitative estimate of drug-likeness (QED) is 0.746. The van der Waals surface area contributed by atoms with E-state index in [0.29, 0.717) is 5.02 Å². The normalized spacial score (nSPS) is 10.9. The Morgan fingerprint density at radius 1 is 1.42 bits per heavy atom. The van der Waals surface area contributed by atoms with Crippen LogP contribution in [0, 0.1) is 0 Å². The Morgan fingerprint density at radius 3 is 2.75 bits per heavy atom. The van der Waals surface area contributed by atoms with E-state index in [2.05, 4.69) is 0 Å². The number of allylic oxidation sites excluding steroid dienone is 1. The van der Waals surface area contributed by atoms with E-state index in [0.717, 1.165) is 11.1 Å². The molecule has 2 heteroatoms. The summed E-state index contributed by atoms with van der Waals surface area (Å²) in [4.78, 5) is 0. The third kappa shape index (κ3) is 2.36. The van der Waals surface area contributed by atoms with Gasteiger partial charge in [-0.15, -0.1) is 0 Å². The maximum atomic E-state index is 8.87. The molecular formula is C10H11ClO. The highest BCUT2D eigenvalue weighted by Gasteiger charge is 1.95. The van der Waals surface area contributed by atoms with E-state index in [1.54, 1.807) is 6.07 Å². The lowest BCUT2D eigenvalue weighted by Crippen LogP contribution is -1.83. The van der Waals surface area contributed by atoms with E-state index in [1.807, 2.05) is 31.2 Å². The molecule has 1 aromatic carbocycles. The minimum atomic E-state index is 0.0329. The lowest BCUT2D eigenvalue weighted by molar-refractivity contribution is 0.282. The second kappa shape index (κ2) is 4.29. The van der Waals surface area contributed by atoms with Gasteiger partial charge in [0.25, 0.3) is 0 Å². The van der Waals surface area contributed by atoms with Crippen LogP contribution in [0.25, 0.3) is 6.08 Å². The molecule has 1 aromatic rings. The fraction of sp³-hybridized carbons (Fsp3) is 0.200. The van der Waals surface area contributed by atoms with Crippen molar-refractivity contribution in [3.05, 3.63) is 40.4 Å². The third-order valence-electron chi connectivity index (χ3n) is 1.52. The van der Waals surface area contributed by atoms with Gasteiger partial charge in [-0.1, -0.05) is 23.8 Å². The number of rotatable bonds is 2. The lowest BCUT2D eigenvalue weighted by atomic mass is 10.1. The van der Waals surface area contributed by atoms with Crippen molar-refractivity contribution in [2.24, 2.45) is 0 Å². The summed E-state index contributed by atoms with van der Waals surface area (Å²) in [6, 6.07) is 5.53. The number of hydrogen-bond acceptors (Lipinski definition) is 1. The second-order valence-electron chi connectivity index (χ2n) is 2.55. The van der Waals surface area contributed by atoms with Gasteiger partial charge >= 0.3 is 0 Å². The van der Waals surface area contributed by atoms with Crippen molar-refractivity contribution in [2.75, 3.05) is 0 Å². The van der Waals surface area contributed by atoms with Gasteiger partial charge in [0.15, 0.2) is 0 Å². The molecule has 0 spiro atoms. The van der Waals surface area contributed by atoms with Crippen LogP contribution in [0.2, 0.25) is 5.02 Å². The number of halogens is 1. The molecule has 0 atom stereocenters. The summed E-state index contributed by atoms with van der Waals surface area (Å²) in [5.41, 5.74) is 1.87. The lowest BCUT2D eigenvalue weighted by Gasteiger charge is -1.99. The van der Waals surface area contributed by atoms with Gasteiger partial charge < -0.3 is 5.11 Å². The molecular weight excluding hydrogens is 172 g/mol. The Balaban J connectivity index is 3.06. The Kier molecular flexibility index (Phi) is 3.32. The van der Waals surface area contributed by atoms with Crippen LogP contribution in [-0.4, -0.2) is 5.11 Å². The first-order valence-electron chi connectivity index (χ1n) is 3.79. The van der Waals surface area contributed by atoms with Gasteiger partial charge in [-0.05, 0) is 36.2 Å². The van der Waals surface area contributed by atoms with Crippen molar-refractivity contribution in [3.8, 4) is 0 Å². The molecule has 1 rings (SSSR count). The first kappa shape index (κ1) is 9.30. The third-order valence-corrected chi connectivity index (χ3v) is 1.74. The zero-order valence-corrected chi connectivity index (χ0v) is 7.67. The minimum absolute atomic E-state index is 0.0329. The molecule has 0 fully saturated rings. The van der Waals surface area contributed by atoms with Crippen molar-refractivity contribution in [2.45, 2.75) is 13.5 Å². The van der Waals surface area contributed by atoms with Crippen molar-refractivity contribution < 1.29 is 5.11 Å². The molecule has 0 aliphatic rings. The number of aliphatic hydroxyl groups excluding tert-OH is 1. The molecule has 1 N–H and O–H groups in total. The smallest absolute Gasteiger partial charge is 0.0682 e. The van der Waals surface area contributed by atoms with Crippen molar-refractivity contribution >= 4 is 17.7 Å². The van der Waals surface area contributed by atoms with Crippen LogP contribution in [0.15, 0.2) is 24.3 Å². The highest BCUT2D eigenvalue weighted by Crippen LogP contribution is 2.16. The molecule has 12 heavy (non-hydrogen) atoms. The first-order chi connectivity index (χ1) is 5.76. The van der Waals surface area contributed by atoms with Crippen LogP contribution in [0.1, 0.15) is 18.1 Å². The summed E-state index contributed by atoms with van der Waals surface area (Å²) < 4.78 is 0. The Hall–Kier alpha value is -0.790. The highest BCUT2D eigenvalue weighted by molar-refractivity contribution is 6.30. The molecule has 0 unspecified atom stereocenters. The van der Waals surface area contributed by atoms with E-state index < -0.39 is 0 Å². The molecule has 1 nitrogen and oxygen atoms in total. The van der Waals surface area contributed by atoms with E-state index in [9.17, 15) is 0 Å². The van der Waals surface area contributed by atoms with Crippen molar-refractivity contribution in [1.29, 1.82) is 0 Å². The van der Waals surface area contributed by atoms with Crippen molar-refractivity contribution in [3.63, 3.8) is 0 Å². The van der Waals surface area contributed by atoms with Crippen LogP contribution in [0.3, 0.4) is 0 Å². The van der Waals surface area contributed by atoms with Crippen LogP contribution in [0.4, 0.5) is 0 Å². The molecule has 64 valence electrons. The van der Waals surface area contributed by atoms with Crippen LogP contribution in [0.5, 0.6) is 0 Å². The largest absolute Gasteiger partial charge is 0.392 e. The van der Waals surface area contributed by atoms with E-state index in [1.165, 1.54) is 0 Å². The number of hydrogen-bond donors (Lipinski definition) is 1. The molecule has 0 aliphatic heterocycles. The molecule has 0 saturated heterocycles. The van der Waals surface area contributed by atoms with Crippen molar-refractivity contribution in [1.82, 2.24) is 0 Å². The molecule has 0 saturated carbocycles. The summed E-state index contributed by atoms with van der Waals surface area (Å²) >= 11 is 5.82.